The molecule has 0 aromatic carbocycles. The van der Waals surface area contributed by atoms with Gasteiger partial charge in [-0.15, -0.1) is 6.42 Å². The van der Waals surface area contributed by atoms with E-state index in [1.807, 2.05) is 0 Å². The van der Waals surface area contributed by atoms with Crippen LogP contribution in [0.3, 0.4) is 0 Å². The Bertz CT molecular complexity index is 136. The maximum atomic E-state index is 9.18. The standard InChI is InChI=1S/C10H19NO/c1-4-7-11-8-10(5-2,6-3)9-12/h1,11-12H,5-9H2,2-3H3. The highest BCUT2D eigenvalue weighted by Gasteiger charge is 2.24. The monoisotopic (exact) mass is 169 g/mol. The molecule has 2 nitrogen and oxygen atoms in total. The second-order valence-corrected chi connectivity index (χ2v) is 3.17. The van der Waals surface area contributed by atoms with Crippen molar-refractivity contribution in [3.05, 3.63) is 0 Å². The summed E-state index contributed by atoms with van der Waals surface area (Å²) in [7, 11) is 0. The highest BCUT2D eigenvalue weighted by Crippen LogP contribution is 2.23. The van der Waals surface area contributed by atoms with Crippen LogP contribution in [-0.2, 0) is 0 Å². The van der Waals surface area contributed by atoms with Gasteiger partial charge in [-0.2, -0.15) is 0 Å². The molecule has 0 unspecified atom stereocenters. The number of hydrogen-bond acceptors (Lipinski definition) is 2. The van der Waals surface area contributed by atoms with E-state index in [4.69, 9.17) is 6.42 Å². The zero-order valence-corrected chi connectivity index (χ0v) is 8.06. The van der Waals surface area contributed by atoms with Crippen molar-refractivity contribution in [1.29, 1.82) is 0 Å². The lowest BCUT2D eigenvalue weighted by atomic mass is 9.83. The summed E-state index contributed by atoms with van der Waals surface area (Å²) < 4.78 is 0. The summed E-state index contributed by atoms with van der Waals surface area (Å²) in [5.74, 6) is 2.52. The molecule has 0 bridgehead atoms. The van der Waals surface area contributed by atoms with Crippen molar-refractivity contribution >= 4 is 0 Å². The van der Waals surface area contributed by atoms with Crippen LogP contribution in [0.1, 0.15) is 26.7 Å². The largest absolute Gasteiger partial charge is 0.396 e. The van der Waals surface area contributed by atoms with E-state index in [1.54, 1.807) is 0 Å². The fourth-order valence-corrected chi connectivity index (χ4v) is 1.18. The van der Waals surface area contributed by atoms with E-state index >= 15 is 0 Å². The smallest absolute Gasteiger partial charge is 0.0574 e. The minimum atomic E-state index is 0.0247. The first-order valence-corrected chi connectivity index (χ1v) is 4.49. The molecule has 0 fully saturated rings. The molecule has 2 N–H and O–H groups in total. The van der Waals surface area contributed by atoms with E-state index in [0.29, 0.717) is 6.54 Å². The third-order valence-corrected chi connectivity index (χ3v) is 2.56. The molecule has 0 saturated heterocycles. The van der Waals surface area contributed by atoms with Gasteiger partial charge in [0, 0.05) is 18.6 Å². The van der Waals surface area contributed by atoms with Crippen LogP contribution in [0.2, 0.25) is 0 Å². The van der Waals surface area contributed by atoms with Gasteiger partial charge in [-0.1, -0.05) is 19.8 Å². The van der Waals surface area contributed by atoms with Crippen LogP contribution in [0.25, 0.3) is 0 Å². The van der Waals surface area contributed by atoms with Crippen molar-refractivity contribution in [3.63, 3.8) is 0 Å². The normalized spacial score (nSPS) is 11.2. The zero-order chi connectivity index (χ0) is 9.45. The molecule has 0 aliphatic heterocycles. The third kappa shape index (κ3) is 3.25. The predicted octanol–water partition coefficient (Wildman–Crippen LogP) is 1.01. The molecule has 0 radical (unpaired) electrons. The van der Waals surface area contributed by atoms with Gasteiger partial charge in [-0.05, 0) is 12.8 Å². The van der Waals surface area contributed by atoms with Crippen LogP contribution in [0, 0.1) is 17.8 Å². The Hall–Kier alpha value is -0.520. The molecule has 0 amide bonds. The Morgan fingerprint density at radius 2 is 2.00 bits per heavy atom. The first-order chi connectivity index (χ1) is 5.74. The van der Waals surface area contributed by atoms with E-state index in [2.05, 4.69) is 25.1 Å². The molecular weight excluding hydrogens is 150 g/mol. The second-order valence-electron chi connectivity index (χ2n) is 3.17. The topological polar surface area (TPSA) is 32.3 Å². The van der Waals surface area contributed by atoms with Crippen LogP contribution in [-0.4, -0.2) is 24.8 Å². The molecule has 0 aliphatic rings. The summed E-state index contributed by atoms with van der Waals surface area (Å²) in [4.78, 5) is 0. The molecule has 0 spiro atoms. The molecule has 0 heterocycles. The Labute approximate surface area is 75.4 Å². The quantitative estimate of drug-likeness (QED) is 0.459. The average Bonchev–Trinajstić information content (AvgIpc) is 2.14. The summed E-state index contributed by atoms with van der Waals surface area (Å²) in [5.41, 5.74) is 0.0247. The fourth-order valence-electron chi connectivity index (χ4n) is 1.18. The molecule has 12 heavy (non-hydrogen) atoms. The van der Waals surface area contributed by atoms with Gasteiger partial charge in [0.25, 0.3) is 0 Å². The third-order valence-electron chi connectivity index (χ3n) is 2.56. The van der Waals surface area contributed by atoms with Gasteiger partial charge in [0.05, 0.1) is 6.54 Å². The fraction of sp³-hybridized carbons (Fsp3) is 0.800. The molecule has 70 valence electrons. The van der Waals surface area contributed by atoms with E-state index in [9.17, 15) is 5.11 Å². The lowest BCUT2D eigenvalue weighted by Gasteiger charge is -2.29. The van der Waals surface area contributed by atoms with Crippen LogP contribution in [0.5, 0.6) is 0 Å². The van der Waals surface area contributed by atoms with Crippen molar-refractivity contribution in [2.75, 3.05) is 19.7 Å². The van der Waals surface area contributed by atoms with E-state index < -0.39 is 0 Å². The molecule has 0 aromatic rings. The molecule has 0 saturated carbocycles. The van der Waals surface area contributed by atoms with Crippen LogP contribution in [0.15, 0.2) is 0 Å². The molecular formula is C10H19NO. The molecule has 2 heteroatoms. The number of aliphatic hydroxyl groups is 1. The van der Waals surface area contributed by atoms with Crippen LogP contribution >= 0.6 is 0 Å². The minimum Gasteiger partial charge on any atom is -0.396 e. The van der Waals surface area contributed by atoms with E-state index in [-0.39, 0.29) is 12.0 Å². The highest BCUT2D eigenvalue weighted by molar-refractivity contribution is 4.88. The van der Waals surface area contributed by atoms with Gasteiger partial charge in [0.2, 0.25) is 0 Å². The lowest BCUT2D eigenvalue weighted by Crippen LogP contribution is -2.36. The summed E-state index contributed by atoms with van der Waals surface area (Å²) in [6.07, 6.45) is 7.07. The lowest BCUT2D eigenvalue weighted by molar-refractivity contribution is 0.114. The number of terminal acetylenes is 1. The number of rotatable bonds is 6. The minimum absolute atomic E-state index is 0.0247. The summed E-state index contributed by atoms with van der Waals surface area (Å²) in [5, 5.41) is 12.3. The summed E-state index contributed by atoms with van der Waals surface area (Å²) >= 11 is 0. The van der Waals surface area contributed by atoms with Crippen LogP contribution < -0.4 is 5.32 Å². The molecule has 0 atom stereocenters. The maximum absolute atomic E-state index is 9.18. The number of aliphatic hydroxyl groups excluding tert-OH is 1. The number of nitrogens with one attached hydrogen (secondary N) is 1. The highest BCUT2D eigenvalue weighted by atomic mass is 16.3. The first kappa shape index (κ1) is 11.5. The second kappa shape index (κ2) is 6.05. The van der Waals surface area contributed by atoms with E-state index in [1.165, 1.54) is 0 Å². The Kier molecular flexibility index (Phi) is 5.79. The van der Waals surface area contributed by atoms with Gasteiger partial charge >= 0.3 is 0 Å². The Balaban J connectivity index is 3.86. The van der Waals surface area contributed by atoms with Crippen molar-refractivity contribution in [2.45, 2.75) is 26.7 Å². The molecule has 0 rings (SSSR count). The maximum Gasteiger partial charge on any atom is 0.0574 e. The van der Waals surface area contributed by atoms with Crippen molar-refractivity contribution < 1.29 is 5.11 Å². The van der Waals surface area contributed by atoms with Crippen molar-refractivity contribution in [1.82, 2.24) is 5.32 Å². The number of hydrogen-bond donors (Lipinski definition) is 2. The predicted molar refractivity (Wildman–Crippen MR) is 51.8 cm³/mol. The van der Waals surface area contributed by atoms with Gasteiger partial charge < -0.3 is 10.4 Å². The van der Waals surface area contributed by atoms with Gasteiger partial charge in [-0.3, -0.25) is 0 Å². The van der Waals surface area contributed by atoms with Crippen LogP contribution in [0.4, 0.5) is 0 Å². The zero-order valence-electron chi connectivity index (χ0n) is 8.06. The summed E-state index contributed by atoms with van der Waals surface area (Å²) in [6.45, 7) is 5.81. The Morgan fingerprint density at radius 1 is 1.42 bits per heavy atom. The Morgan fingerprint density at radius 3 is 2.33 bits per heavy atom. The van der Waals surface area contributed by atoms with Gasteiger partial charge in [0.15, 0.2) is 0 Å². The van der Waals surface area contributed by atoms with E-state index in [0.717, 1.165) is 19.4 Å². The van der Waals surface area contributed by atoms with Gasteiger partial charge in [-0.25, -0.2) is 0 Å². The molecule has 0 aliphatic carbocycles. The van der Waals surface area contributed by atoms with Crippen molar-refractivity contribution in [3.8, 4) is 12.3 Å². The SMILES string of the molecule is C#CCNCC(CC)(CC)CO. The molecule has 0 aromatic heterocycles. The average molecular weight is 169 g/mol. The first-order valence-electron chi connectivity index (χ1n) is 4.49. The van der Waals surface area contributed by atoms with Gasteiger partial charge in [0.1, 0.15) is 0 Å². The summed E-state index contributed by atoms with van der Waals surface area (Å²) in [6, 6.07) is 0. The van der Waals surface area contributed by atoms with Crippen molar-refractivity contribution in [2.24, 2.45) is 5.41 Å².